The van der Waals surface area contributed by atoms with Crippen molar-refractivity contribution in [1.82, 2.24) is 15.2 Å². The third-order valence-corrected chi connectivity index (χ3v) is 6.26. The number of benzene rings is 2. The van der Waals surface area contributed by atoms with Gasteiger partial charge >= 0.3 is 0 Å². The predicted octanol–water partition coefficient (Wildman–Crippen LogP) is 4.92. The van der Waals surface area contributed by atoms with E-state index in [2.05, 4.69) is 10.3 Å². The van der Waals surface area contributed by atoms with Crippen LogP contribution in [0.1, 0.15) is 59.8 Å². The first-order valence-electron chi connectivity index (χ1n) is 11.9. The minimum atomic E-state index is -0.827. The molecule has 3 aromatic rings. The molecular weight excluding hydrogens is 426 g/mol. The van der Waals surface area contributed by atoms with E-state index in [9.17, 15) is 9.59 Å². The Kier molecular flexibility index (Phi) is 7.91. The lowest BCUT2D eigenvalue weighted by Crippen LogP contribution is -2.47. The quantitative estimate of drug-likeness (QED) is 0.521. The molecule has 2 amide bonds. The first-order chi connectivity index (χ1) is 16.7. The summed E-state index contributed by atoms with van der Waals surface area (Å²) in [6.45, 7) is 0.274. The van der Waals surface area contributed by atoms with Gasteiger partial charge in [0, 0.05) is 18.8 Å². The van der Waals surface area contributed by atoms with Gasteiger partial charge in [0.1, 0.15) is 17.5 Å². The Morgan fingerprint density at radius 1 is 1.00 bits per heavy atom. The molecule has 0 radical (unpaired) electrons. The van der Waals surface area contributed by atoms with Crippen molar-refractivity contribution in [3.8, 4) is 5.75 Å². The molecule has 4 rings (SSSR count). The minimum absolute atomic E-state index is 0.123. The summed E-state index contributed by atoms with van der Waals surface area (Å²) in [5, 5.41) is 3.23. The highest BCUT2D eigenvalue weighted by molar-refractivity contribution is 5.96. The van der Waals surface area contributed by atoms with Crippen LogP contribution in [0.25, 0.3) is 0 Å². The van der Waals surface area contributed by atoms with Gasteiger partial charge in [-0.15, -0.1) is 0 Å². The van der Waals surface area contributed by atoms with Crippen molar-refractivity contribution < 1.29 is 14.3 Å². The molecule has 0 saturated heterocycles. The zero-order chi connectivity index (χ0) is 23.8. The normalized spacial score (nSPS) is 14.7. The molecule has 176 valence electrons. The van der Waals surface area contributed by atoms with E-state index in [0.717, 1.165) is 31.2 Å². The standard InChI is InChI=1S/C28H31N3O3/c1-34-24-16-10-13-22(19-24)26(27(32)30-23-14-6-3-7-15-23)31(20-21-11-4-2-5-12-21)28(33)25-17-8-9-18-29-25/h2,4-5,8-13,16-19,23,26H,3,6-7,14-15,20H2,1H3,(H,30,32)/t26-/m0/s1. The average Bonchev–Trinajstić information content (AvgIpc) is 2.89. The van der Waals surface area contributed by atoms with E-state index in [0.29, 0.717) is 17.0 Å². The maximum Gasteiger partial charge on any atom is 0.273 e. The second-order valence-corrected chi connectivity index (χ2v) is 8.66. The summed E-state index contributed by atoms with van der Waals surface area (Å²) >= 11 is 0. The lowest BCUT2D eigenvalue weighted by molar-refractivity contribution is -0.127. The molecule has 1 aliphatic carbocycles. The van der Waals surface area contributed by atoms with Gasteiger partial charge in [-0.2, -0.15) is 0 Å². The molecule has 6 nitrogen and oxygen atoms in total. The third-order valence-electron chi connectivity index (χ3n) is 6.26. The van der Waals surface area contributed by atoms with Crippen LogP contribution in [0.2, 0.25) is 0 Å². The molecule has 34 heavy (non-hydrogen) atoms. The van der Waals surface area contributed by atoms with Gasteiger partial charge in [-0.05, 0) is 48.2 Å². The van der Waals surface area contributed by atoms with Gasteiger partial charge in [-0.1, -0.05) is 67.8 Å². The smallest absolute Gasteiger partial charge is 0.273 e. The van der Waals surface area contributed by atoms with Crippen LogP contribution in [0.3, 0.4) is 0 Å². The highest BCUT2D eigenvalue weighted by Gasteiger charge is 2.34. The van der Waals surface area contributed by atoms with Gasteiger partial charge in [0.2, 0.25) is 5.91 Å². The van der Waals surface area contributed by atoms with Gasteiger partial charge in [0.25, 0.3) is 5.91 Å². The number of rotatable bonds is 8. The van der Waals surface area contributed by atoms with E-state index in [4.69, 9.17) is 4.74 Å². The maximum atomic E-state index is 13.8. The van der Waals surface area contributed by atoms with Crippen LogP contribution >= 0.6 is 0 Å². The summed E-state index contributed by atoms with van der Waals surface area (Å²) in [7, 11) is 1.59. The van der Waals surface area contributed by atoms with Crippen LogP contribution in [-0.2, 0) is 11.3 Å². The molecule has 1 atom stereocenters. The van der Waals surface area contributed by atoms with Crippen LogP contribution < -0.4 is 10.1 Å². The van der Waals surface area contributed by atoms with E-state index in [1.807, 2.05) is 54.6 Å². The second-order valence-electron chi connectivity index (χ2n) is 8.66. The van der Waals surface area contributed by atoms with Crippen LogP contribution in [0.5, 0.6) is 5.75 Å². The summed E-state index contributed by atoms with van der Waals surface area (Å²) in [5.41, 5.74) is 1.94. The molecule has 0 unspecified atom stereocenters. The number of pyridine rings is 1. The summed E-state index contributed by atoms with van der Waals surface area (Å²) in [6, 6.07) is 21.6. The Balaban J connectivity index is 1.75. The largest absolute Gasteiger partial charge is 0.497 e. The van der Waals surface area contributed by atoms with Gasteiger partial charge < -0.3 is 15.0 Å². The molecule has 0 bridgehead atoms. The van der Waals surface area contributed by atoms with E-state index in [1.54, 1.807) is 36.4 Å². The van der Waals surface area contributed by atoms with E-state index in [-0.39, 0.29) is 24.4 Å². The van der Waals surface area contributed by atoms with Crippen molar-refractivity contribution in [2.45, 2.75) is 50.7 Å². The van der Waals surface area contributed by atoms with E-state index < -0.39 is 6.04 Å². The van der Waals surface area contributed by atoms with Gasteiger partial charge in [0.15, 0.2) is 0 Å². The zero-order valence-corrected chi connectivity index (χ0v) is 19.5. The number of ether oxygens (including phenoxy) is 1. The molecule has 0 spiro atoms. The number of carbonyl (C=O) groups is 2. The van der Waals surface area contributed by atoms with Crippen molar-refractivity contribution in [3.63, 3.8) is 0 Å². The number of amides is 2. The van der Waals surface area contributed by atoms with Crippen molar-refractivity contribution in [1.29, 1.82) is 0 Å². The summed E-state index contributed by atoms with van der Waals surface area (Å²) in [6.07, 6.45) is 6.93. The molecule has 1 fully saturated rings. The highest BCUT2D eigenvalue weighted by atomic mass is 16.5. The lowest BCUT2D eigenvalue weighted by Gasteiger charge is -2.33. The molecule has 2 aromatic carbocycles. The number of carbonyl (C=O) groups excluding carboxylic acids is 2. The number of nitrogens with one attached hydrogen (secondary N) is 1. The number of methoxy groups -OCH3 is 1. The fourth-order valence-corrected chi connectivity index (χ4v) is 4.51. The summed E-state index contributed by atoms with van der Waals surface area (Å²) < 4.78 is 5.43. The predicted molar refractivity (Wildman–Crippen MR) is 131 cm³/mol. The van der Waals surface area contributed by atoms with E-state index >= 15 is 0 Å². The Labute approximate surface area is 201 Å². The van der Waals surface area contributed by atoms with Crippen molar-refractivity contribution in [3.05, 3.63) is 95.8 Å². The van der Waals surface area contributed by atoms with Crippen LogP contribution in [0, 0.1) is 0 Å². The number of nitrogens with zero attached hydrogens (tertiary/aromatic N) is 2. The van der Waals surface area contributed by atoms with Crippen molar-refractivity contribution >= 4 is 11.8 Å². The van der Waals surface area contributed by atoms with E-state index in [1.165, 1.54) is 6.42 Å². The third kappa shape index (κ3) is 5.81. The first-order valence-corrected chi connectivity index (χ1v) is 11.9. The summed E-state index contributed by atoms with van der Waals surface area (Å²) in [4.78, 5) is 33.5. The fraction of sp³-hybridized carbons (Fsp3) is 0.321. The first kappa shape index (κ1) is 23.5. The van der Waals surface area contributed by atoms with Crippen LogP contribution in [-0.4, -0.2) is 34.8 Å². The van der Waals surface area contributed by atoms with Crippen molar-refractivity contribution in [2.24, 2.45) is 0 Å². The van der Waals surface area contributed by atoms with Crippen molar-refractivity contribution in [2.75, 3.05) is 7.11 Å². The Morgan fingerprint density at radius 2 is 1.76 bits per heavy atom. The molecule has 1 saturated carbocycles. The van der Waals surface area contributed by atoms with Gasteiger partial charge in [0.05, 0.1) is 7.11 Å². The molecule has 0 aliphatic heterocycles. The number of aromatic nitrogens is 1. The van der Waals surface area contributed by atoms with Gasteiger partial charge in [-0.25, -0.2) is 0 Å². The lowest BCUT2D eigenvalue weighted by atomic mass is 9.94. The molecule has 1 heterocycles. The Bertz CT molecular complexity index is 1080. The zero-order valence-electron chi connectivity index (χ0n) is 19.5. The Morgan fingerprint density at radius 3 is 2.47 bits per heavy atom. The van der Waals surface area contributed by atoms with Crippen LogP contribution in [0.4, 0.5) is 0 Å². The molecule has 6 heteroatoms. The molecule has 1 aliphatic rings. The number of hydrogen-bond donors (Lipinski definition) is 1. The topological polar surface area (TPSA) is 71.5 Å². The van der Waals surface area contributed by atoms with Gasteiger partial charge in [-0.3, -0.25) is 14.6 Å². The molecular formula is C28H31N3O3. The minimum Gasteiger partial charge on any atom is -0.497 e. The molecule has 1 aromatic heterocycles. The monoisotopic (exact) mass is 457 g/mol. The van der Waals surface area contributed by atoms with Crippen LogP contribution in [0.15, 0.2) is 79.0 Å². The summed E-state index contributed by atoms with van der Waals surface area (Å²) in [5.74, 6) is 0.161. The second kappa shape index (κ2) is 11.5. The highest BCUT2D eigenvalue weighted by Crippen LogP contribution is 2.29. The fourth-order valence-electron chi connectivity index (χ4n) is 4.51. The average molecular weight is 458 g/mol. The Hall–Kier alpha value is -3.67. The molecule has 1 N–H and O–H groups in total. The SMILES string of the molecule is COc1cccc([C@@H](C(=O)NC2CCCCC2)N(Cc2ccccc2)C(=O)c2ccccn2)c1. The number of hydrogen-bond acceptors (Lipinski definition) is 4. The maximum absolute atomic E-state index is 13.8.